The minimum atomic E-state index is -0.792. The highest BCUT2D eigenvalue weighted by Crippen LogP contribution is 2.17. The molecule has 0 aliphatic rings. The first-order chi connectivity index (χ1) is 40.0. The fourth-order valence-electron chi connectivity index (χ4n) is 9.58. The van der Waals surface area contributed by atoms with Gasteiger partial charge in [-0.15, -0.1) is 0 Å². The van der Waals surface area contributed by atoms with Crippen LogP contribution in [0.15, 0.2) is 109 Å². The third-order valence-electron chi connectivity index (χ3n) is 14.7. The van der Waals surface area contributed by atoms with Crippen molar-refractivity contribution in [3.8, 4) is 0 Å². The van der Waals surface area contributed by atoms with Crippen LogP contribution >= 0.6 is 0 Å². The van der Waals surface area contributed by atoms with Gasteiger partial charge in [-0.3, -0.25) is 14.4 Å². The Morgan fingerprint density at radius 2 is 0.494 bits per heavy atom. The van der Waals surface area contributed by atoms with Gasteiger partial charge in [0.15, 0.2) is 6.10 Å². The first-order valence-electron chi connectivity index (χ1n) is 34.4. The zero-order valence-corrected chi connectivity index (χ0v) is 53.3. The molecule has 0 spiro atoms. The van der Waals surface area contributed by atoms with Gasteiger partial charge in [0.25, 0.3) is 0 Å². The second-order valence-corrected chi connectivity index (χ2v) is 22.7. The molecule has 0 bridgehead atoms. The largest absolute Gasteiger partial charge is 0.462 e. The average Bonchev–Trinajstić information content (AvgIpc) is 3.47. The minimum Gasteiger partial charge on any atom is -0.462 e. The summed E-state index contributed by atoms with van der Waals surface area (Å²) in [5.41, 5.74) is 0. The van der Waals surface area contributed by atoms with E-state index in [9.17, 15) is 14.4 Å². The summed E-state index contributed by atoms with van der Waals surface area (Å²) in [6, 6.07) is 0. The number of rotatable bonds is 62. The van der Waals surface area contributed by atoms with Gasteiger partial charge < -0.3 is 14.2 Å². The molecule has 0 rings (SSSR count). The molecule has 0 radical (unpaired) electrons. The molecule has 0 aromatic carbocycles. The molecule has 0 N–H and O–H groups in total. The van der Waals surface area contributed by atoms with Crippen molar-refractivity contribution in [3.05, 3.63) is 109 Å². The van der Waals surface area contributed by atoms with Crippen LogP contribution in [0.5, 0.6) is 0 Å². The predicted molar refractivity (Wildman–Crippen MR) is 353 cm³/mol. The molecule has 0 amide bonds. The fraction of sp³-hybridized carbons (Fsp3) is 0.720. The average molecular weight is 1130 g/mol. The van der Waals surface area contributed by atoms with Gasteiger partial charge in [0.2, 0.25) is 0 Å². The van der Waals surface area contributed by atoms with E-state index < -0.39 is 6.10 Å². The van der Waals surface area contributed by atoms with Crippen LogP contribution in [-0.2, 0) is 28.6 Å². The van der Waals surface area contributed by atoms with Crippen molar-refractivity contribution in [3.63, 3.8) is 0 Å². The highest BCUT2D eigenvalue weighted by Gasteiger charge is 2.19. The van der Waals surface area contributed by atoms with E-state index in [1.165, 1.54) is 148 Å². The Hall–Kier alpha value is -3.93. The van der Waals surface area contributed by atoms with Crippen LogP contribution in [-0.4, -0.2) is 37.2 Å². The Morgan fingerprint density at radius 3 is 0.790 bits per heavy atom. The molecule has 0 saturated heterocycles. The summed E-state index contributed by atoms with van der Waals surface area (Å²) in [6.45, 7) is 6.47. The maximum atomic E-state index is 12.9. The van der Waals surface area contributed by atoms with E-state index in [1.54, 1.807) is 0 Å². The first-order valence-corrected chi connectivity index (χ1v) is 34.4. The standard InChI is InChI=1S/C75H128O6/c1-4-7-10-13-16-19-22-25-28-30-31-32-33-34-35-36-37-38-39-40-41-42-43-44-45-46-48-50-53-56-59-62-65-68-74(77)80-71-72(70-79-73(76)67-64-61-58-55-52-49-27-24-21-18-15-12-9-6-3)81-75(78)69-66-63-60-57-54-51-47-29-26-23-20-17-14-11-8-5-2/h7,10,15-16,18-20,23-25,27-29,31-32,34-35,47,72H,4-6,8-9,11-14,17,21-22,26,30,33,36-46,48-71H2,1-3H3/b10-7-,18-15-,19-16-,23-20-,27-24-,28-25-,32-31-,35-34-,47-29-. The molecular weight excluding hydrogens is 997 g/mol. The van der Waals surface area contributed by atoms with Crippen LogP contribution in [0, 0.1) is 0 Å². The summed E-state index contributed by atoms with van der Waals surface area (Å²) >= 11 is 0. The highest BCUT2D eigenvalue weighted by molar-refractivity contribution is 5.71. The first kappa shape index (κ1) is 77.1. The molecule has 0 aromatic rings. The van der Waals surface area contributed by atoms with Crippen molar-refractivity contribution < 1.29 is 28.6 Å². The summed E-state index contributed by atoms with van der Waals surface area (Å²) in [7, 11) is 0. The topological polar surface area (TPSA) is 78.9 Å². The number of ether oxygens (including phenoxy) is 3. The van der Waals surface area contributed by atoms with Crippen molar-refractivity contribution >= 4 is 17.9 Å². The van der Waals surface area contributed by atoms with E-state index in [0.717, 1.165) is 141 Å². The maximum Gasteiger partial charge on any atom is 0.306 e. The molecule has 6 nitrogen and oxygen atoms in total. The van der Waals surface area contributed by atoms with Crippen LogP contribution in [0.1, 0.15) is 329 Å². The Kier molecular flexibility index (Phi) is 65.2. The molecule has 464 valence electrons. The van der Waals surface area contributed by atoms with Crippen molar-refractivity contribution in [1.29, 1.82) is 0 Å². The van der Waals surface area contributed by atoms with Crippen molar-refractivity contribution in [2.45, 2.75) is 335 Å². The monoisotopic (exact) mass is 1120 g/mol. The lowest BCUT2D eigenvalue weighted by molar-refractivity contribution is -0.167. The molecule has 1 unspecified atom stereocenters. The SMILES string of the molecule is CC/C=C\C/C=C\C/C=C\C/C=C\C/C=C\CCCCCCCCCCCCCCCCCCCC(=O)OCC(COC(=O)CCCCCCC/C=C\C/C=C\CCCC)OC(=O)CCCCCCC/C=C\C/C=C\CCCCCC. The Balaban J connectivity index is 4.20. The zero-order valence-electron chi connectivity index (χ0n) is 53.3. The zero-order chi connectivity index (χ0) is 58.5. The van der Waals surface area contributed by atoms with Gasteiger partial charge in [-0.05, 0) is 122 Å². The lowest BCUT2D eigenvalue weighted by Crippen LogP contribution is -2.30. The molecule has 0 fully saturated rings. The number of carbonyl (C=O) groups is 3. The molecular formula is C75H128O6. The number of esters is 3. The number of carbonyl (C=O) groups excluding carboxylic acids is 3. The Bertz CT molecular complexity index is 1620. The van der Waals surface area contributed by atoms with Crippen molar-refractivity contribution in [2.75, 3.05) is 13.2 Å². The van der Waals surface area contributed by atoms with Gasteiger partial charge in [0, 0.05) is 19.3 Å². The normalized spacial score (nSPS) is 12.8. The van der Waals surface area contributed by atoms with E-state index >= 15 is 0 Å². The molecule has 1 atom stereocenters. The number of hydrogen-bond donors (Lipinski definition) is 0. The quantitative estimate of drug-likeness (QED) is 0.0261. The van der Waals surface area contributed by atoms with E-state index in [0.29, 0.717) is 19.3 Å². The second kappa shape index (κ2) is 68.6. The lowest BCUT2D eigenvalue weighted by Gasteiger charge is -2.18. The fourth-order valence-corrected chi connectivity index (χ4v) is 9.58. The maximum absolute atomic E-state index is 12.9. The van der Waals surface area contributed by atoms with Crippen LogP contribution in [0.4, 0.5) is 0 Å². The van der Waals surface area contributed by atoms with Gasteiger partial charge >= 0.3 is 17.9 Å². The van der Waals surface area contributed by atoms with Crippen molar-refractivity contribution in [2.24, 2.45) is 0 Å². The van der Waals surface area contributed by atoms with Gasteiger partial charge in [0.05, 0.1) is 0 Å². The van der Waals surface area contributed by atoms with Crippen LogP contribution in [0.2, 0.25) is 0 Å². The summed E-state index contributed by atoms with van der Waals surface area (Å²) in [5.74, 6) is -0.903. The smallest absolute Gasteiger partial charge is 0.306 e. The van der Waals surface area contributed by atoms with E-state index in [4.69, 9.17) is 14.2 Å². The van der Waals surface area contributed by atoms with Gasteiger partial charge in [0.1, 0.15) is 13.2 Å². The summed E-state index contributed by atoms with van der Waals surface area (Å²) in [4.78, 5) is 38.3. The summed E-state index contributed by atoms with van der Waals surface area (Å²) < 4.78 is 16.9. The molecule has 0 aromatic heterocycles. The highest BCUT2D eigenvalue weighted by atomic mass is 16.6. The van der Waals surface area contributed by atoms with Crippen molar-refractivity contribution in [1.82, 2.24) is 0 Å². The third-order valence-corrected chi connectivity index (χ3v) is 14.7. The lowest BCUT2D eigenvalue weighted by atomic mass is 10.0. The molecule has 6 heteroatoms. The predicted octanol–water partition coefficient (Wildman–Crippen LogP) is 23.8. The van der Waals surface area contributed by atoms with E-state index in [-0.39, 0.29) is 31.1 Å². The summed E-state index contributed by atoms with van der Waals surface area (Å²) in [6.07, 6.45) is 94.0. The summed E-state index contributed by atoms with van der Waals surface area (Å²) in [5, 5.41) is 0. The third kappa shape index (κ3) is 66.8. The van der Waals surface area contributed by atoms with Crippen LogP contribution < -0.4 is 0 Å². The Morgan fingerprint density at radius 1 is 0.259 bits per heavy atom. The number of hydrogen-bond acceptors (Lipinski definition) is 6. The number of unbranched alkanes of at least 4 members (excludes halogenated alkanes) is 33. The molecule has 0 aliphatic carbocycles. The number of allylic oxidation sites excluding steroid dienone is 18. The Labute approximate surface area is 501 Å². The van der Waals surface area contributed by atoms with Crippen LogP contribution in [0.3, 0.4) is 0 Å². The minimum absolute atomic E-state index is 0.0861. The molecule has 0 heterocycles. The van der Waals surface area contributed by atoms with Gasteiger partial charge in [-0.25, -0.2) is 0 Å². The van der Waals surface area contributed by atoms with Gasteiger partial charge in [-0.2, -0.15) is 0 Å². The van der Waals surface area contributed by atoms with E-state index in [1.807, 2.05) is 0 Å². The van der Waals surface area contributed by atoms with Crippen LogP contribution in [0.25, 0.3) is 0 Å². The molecule has 0 aliphatic heterocycles. The molecule has 0 saturated carbocycles. The van der Waals surface area contributed by atoms with Gasteiger partial charge in [-0.1, -0.05) is 297 Å². The van der Waals surface area contributed by atoms with E-state index in [2.05, 4.69) is 130 Å². The molecule has 81 heavy (non-hydrogen) atoms. The second-order valence-electron chi connectivity index (χ2n) is 22.7.